The van der Waals surface area contributed by atoms with Gasteiger partial charge in [-0.3, -0.25) is 4.79 Å². The molecule has 0 N–H and O–H groups in total. The summed E-state index contributed by atoms with van der Waals surface area (Å²) in [6.45, 7) is 2.44. The van der Waals surface area contributed by atoms with Crippen LogP contribution in [0, 0.1) is 5.92 Å². The number of ether oxygens (including phenoxy) is 1. The number of benzene rings is 1. The molecule has 3 aromatic rings. The van der Waals surface area contributed by atoms with Crippen molar-refractivity contribution < 1.29 is 9.53 Å². The third kappa shape index (κ3) is 3.46. The zero-order valence-corrected chi connectivity index (χ0v) is 15.8. The Labute approximate surface area is 164 Å². The number of fused-ring (bicyclic) bond motifs is 1. The van der Waals surface area contributed by atoms with Crippen LogP contribution in [0.3, 0.4) is 0 Å². The van der Waals surface area contributed by atoms with E-state index in [-0.39, 0.29) is 17.8 Å². The maximum Gasteiger partial charge on any atom is 0.291 e. The highest BCUT2D eigenvalue weighted by Crippen LogP contribution is 2.34. The van der Waals surface area contributed by atoms with E-state index in [4.69, 9.17) is 4.74 Å². The van der Waals surface area contributed by atoms with Crippen LogP contribution in [0.15, 0.2) is 48.9 Å². The van der Waals surface area contributed by atoms with E-state index in [9.17, 15) is 4.79 Å². The number of hydrogen-bond donors (Lipinski definition) is 0. The molecule has 0 atom stereocenters. The minimum absolute atomic E-state index is 0.0988. The monoisotopic (exact) mass is 376 g/mol. The minimum Gasteiger partial charge on any atom is -0.490 e. The zero-order chi connectivity index (χ0) is 18.9. The summed E-state index contributed by atoms with van der Waals surface area (Å²) in [6.07, 6.45) is 9.84. The first-order valence-corrected chi connectivity index (χ1v) is 10.1. The summed E-state index contributed by atoms with van der Waals surface area (Å²) in [5, 5.41) is 1.18. The average Bonchev–Trinajstić information content (AvgIpc) is 3.47. The Morgan fingerprint density at radius 3 is 2.57 bits per heavy atom. The fourth-order valence-electron chi connectivity index (χ4n) is 3.94. The molecule has 6 heteroatoms. The first kappa shape index (κ1) is 17.2. The fourth-order valence-corrected chi connectivity index (χ4v) is 3.94. The highest BCUT2D eigenvalue weighted by molar-refractivity contribution is 5.90. The molecular formula is C22H24N4O2. The molecule has 2 aliphatic rings. The predicted octanol–water partition coefficient (Wildman–Crippen LogP) is 3.52. The van der Waals surface area contributed by atoms with E-state index in [0.717, 1.165) is 31.1 Å². The van der Waals surface area contributed by atoms with Crippen LogP contribution < -0.4 is 4.74 Å². The molecule has 3 heterocycles. The van der Waals surface area contributed by atoms with Gasteiger partial charge in [0.2, 0.25) is 5.82 Å². The Kier molecular flexibility index (Phi) is 4.47. The van der Waals surface area contributed by atoms with Crippen LogP contribution in [0.5, 0.6) is 5.75 Å². The number of hydrogen-bond acceptors (Lipinski definition) is 4. The third-order valence-electron chi connectivity index (χ3n) is 5.71. The van der Waals surface area contributed by atoms with Crippen LogP contribution in [-0.2, 0) is 6.54 Å². The molecule has 1 aromatic carbocycles. The molecule has 6 nitrogen and oxygen atoms in total. The number of aromatic nitrogens is 3. The summed E-state index contributed by atoms with van der Waals surface area (Å²) in [4.78, 5) is 22.4. The molecular weight excluding hydrogens is 352 g/mol. The van der Waals surface area contributed by atoms with Crippen molar-refractivity contribution in [2.24, 2.45) is 5.92 Å². The van der Waals surface area contributed by atoms with Gasteiger partial charge in [-0.25, -0.2) is 9.97 Å². The molecule has 28 heavy (non-hydrogen) atoms. The Morgan fingerprint density at radius 2 is 1.82 bits per heavy atom. The Bertz CT molecular complexity index is 973. The molecule has 5 rings (SSSR count). The van der Waals surface area contributed by atoms with E-state index in [0.29, 0.717) is 13.1 Å². The SMILES string of the molecule is O=C(c1ncccn1)N1CCC(Oc2cccc3c2ccn3CC2CC2)CC1. The van der Waals surface area contributed by atoms with Gasteiger partial charge in [-0.05, 0) is 43.0 Å². The molecule has 0 spiro atoms. The zero-order valence-electron chi connectivity index (χ0n) is 15.8. The van der Waals surface area contributed by atoms with E-state index in [1.807, 2.05) is 4.90 Å². The molecule has 0 radical (unpaired) electrons. The van der Waals surface area contributed by atoms with E-state index in [2.05, 4.69) is 45.0 Å². The molecule has 144 valence electrons. The summed E-state index contributed by atoms with van der Waals surface area (Å²) >= 11 is 0. The van der Waals surface area contributed by atoms with Crippen molar-refractivity contribution in [2.75, 3.05) is 13.1 Å². The highest BCUT2D eigenvalue weighted by Gasteiger charge is 2.27. The molecule has 0 unspecified atom stereocenters. The van der Waals surface area contributed by atoms with Gasteiger partial charge >= 0.3 is 0 Å². The quantitative estimate of drug-likeness (QED) is 0.684. The van der Waals surface area contributed by atoms with Crippen LogP contribution in [0.4, 0.5) is 0 Å². The minimum atomic E-state index is -0.0988. The van der Waals surface area contributed by atoms with Gasteiger partial charge in [-0.2, -0.15) is 0 Å². The first-order chi connectivity index (χ1) is 13.8. The van der Waals surface area contributed by atoms with Gasteiger partial charge in [-0.15, -0.1) is 0 Å². The smallest absolute Gasteiger partial charge is 0.291 e. The molecule has 2 aromatic heterocycles. The standard InChI is InChI=1S/C22H24N4O2/c27-22(21-23-10-2-11-24-21)25-12-7-17(8-13-25)28-20-4-1-3-19-18(20)9-14-26(19)15-16-5-6-16/h1-4,9-11,14,16-17H,5-8,12-13,15H2. The van der Waals surface area contributed by atoms with Gasteiger partial charge in [-0.1, -0.05) is 6.07 Å². The van der Waals surface area contributed by atoms with Crippen molar-refractivity contribution in [3.8, 4) is 5.75 Å². The molecule has 1 saturated heterocycles. The second-order valence-corrected chi connectivity index (χ2v) is 7.78. The third-order valence-corrected chi connectivity index (χ3v) is 5.71. The lowest BCUT2D eigenvalue weighted by atomic mass is 10.1. The number of carbonyl (C=O) groups is 1. The predicted molar refractivity (Wildman–Crippen MR) is 106 cm³/mol. The second-order valence-electron chi connectivity index (χ2n) is 7.78. The van der Waals surface area contributed by atoms with Crippen LogP contribution in [0.1, 0.15) is 36.3 Å². The number of rotatable bonds is 5. The maximum atomic E-state index is 12.5. The summed E-state index contributed by atoms with van der Waals surface area (Å²) in [5.41, 5.74) is 1.25. The number of amides is 1. The van der Waals surface area contributed by atoms with Crippen LogP contribution in [0.25, 0.3) is 10.9 Å². The Morgan fingerprint density at radius 1 is 1.04 bits per heavy atom. The molecule has 1 amide bonds. The fraction of sp³-hybridized carbons (Fsp3) is 0.409. The molecule has 1 aliphatic heterocycles. The van der Waals surface area contributed by atoms with Crippen LogP contribution in [-0.4, -0.2) is 44.5 Å². The van der Waals surface area contributed by atoms with Gasteiger partial charge in [0.25, 0.3) is 5.91 Å². The van der Waals surface area contributed by atoms with Crippen molar-refractivity contribution in [2.45, 2.75) is 38.3 Å². The van der Waals surface area contributed by atoms with Gasteiger partial charge in [0.05, 0.1) is 5.52 Å². The van der Waals surface area contributed by atoms with Gasteiger partial charge in [0.1, 0.15) is 11.9 Å². The molecule has 2 fully saturated rings. The Hall–Kier alpha value is -2.89. The van der Waals surface area contributed by atoms with Crippen molar-refractivity contribution in [3.05, 3.63) is 54.7 Å². The molecule has 1 saturated carbocycles. The summed E-state index contributed by atoms with van der Waals surface area (Å²) < 4.78 is 8.70. The summed E-state index contributed by atoms with van der Waals surface area (Å²) in [5.74, 6) is 1.96. The van der Waals surface area contributed by atoms with Gasteiger partial charge in [0.15, 0.2) is 0 Å². The van der Waals surface area contributed by atoms with Crippen molar-refractivity contribution in [3.63, 3.8) is 0 Å². The van der Waals surface area contributed by atoms with Gasteiger partial charge in [0, 0.05) is 56.5 Å². The summed E-state index contributed by atoms with van der Waals surface area (Å²) in [7, 11) is 0. The Balaban J connectivity index is 1.24. The first-order valence-electron chi connectivity index (χ1n) is 10.1. The van der Waals surface area contributed by atoms with E-state index in [1.165, 1.54) is 23.7 Å². The number of carbonyl (C=O) groups excluding carboxylic acids is 1. The van der Waals surface area contributed by atoms with Crippen molar-refractivity contribution in [1.82, 2.24) is 19.4 Å². The van der Waals surface area contributed by atoms with E-state index in [1.54, 1.807) is 18.5 Å². The lowest BCUT2D eigenvalue weighted by Gasteiger charge is -2.31. The normalized spacial score (nSPS) is 17.8. The highest BCUT2D eigenvalue weighted by atomic mass is 16.5. The topological polar surface area (TPSA) is 60.3 Å². The van der Waals surface area contributed by atoms with Gasteiger partial charge < -0.3 is 14.2 Å². The summed E-state index contributed by atoms with van der Waals surface area (Å²) in [6, 6.07) is 10.2. The second kappa shape index (κ2) is 7.26. The number of piperidine rings is 1. The average molecular weight is 376 g/mol. The maximum absolute atomic E-state index is 12.5. The lowest BCUT2D eigenvalue weighted by Crippen LogP contribution is -2.42. The number of likely N-dealkylation sites (tertiary alicyclic amines) is 1. The van der Waals surface area contributed by atoms with Crippen molar-refractivity contribution >= 4 is 16.8 Å². The number of nitrogens with zero attached hydrogens (tertiary/aromatic N) is 4. The molecule has 1 aliphatic carbocycles. The van der Waals surface area contributed by atoms with E-state index >= 15 is 0 Å². The van der Waals surface area contributed by atoms with E-state index < -0.39 is 0 Å². The lowest BCUT2D eigenvalue weighted by molar-refractivity contribution is 0.0586. The van der Waals surface area contributed by atoms with Crippen LogP contribution >= 0.6 is 0 Å². The largest absolute Gasteiger partial charge is 0.490 e. The van der Waals surface area contributed by atoms with Crippen molar-refractivity contribution in [1.29, 1.82) is 0 Å². The van der Waals surface area contributed by atoms with Crippen LogP contribution in [0.2, 0.25) is 0 Å². The molecule has 0 bridgehead atoms.